The summed E-state index contributed by atoms with van der Waals surface area (Å²) >= 11 is 0. The molecule has 14 heavy (non-hydrogen) atoms. The topological polar surface area (TPSA) is 55.6 Å². The van der Waals surface area contributed by atoms with Crippen molar-refractivity contribution in [1.82, 2.24) is 0 Å². The predicted molar refractivity (Wildman–Crippen MR) is 54.3 cm³/mol. The lowest BCUT2D eigenvalue weighted by Gasteiger charge is -2.15. The van der Waals surface area contributed by atoms with E-state index in [9.17, 15) is 4.79 Å². The normalized spacial score (nSPS) is 13.9. The number of benzene rings is 1. The number of nitrogens with two attached hydrogens (primary N) is 1. The van der Waals surface area contributed by atoms with E-state index in [-0.39, 0.29) is 6.09 Å². The van der Waals surface area contributed by atoms with Crippen LogP contribution in [0.15, 0.2) is 18.2 Å². The molecule has 0 saturated carbocycles. The smallest absolute Gasteiger partial charge is 0.414 e. The lowest BCUT2D eigenvalue weighted by Crippen LogP contribution is -2.28. The molecule has 0 atom stereocenters. The van der Waals surface area contributed by atoms with Crippen molar-refractivity contribution < 1.29 is 9.53 Å². The van der Waals surface area contributed by atoms with Crippen molar-refractivity contribution >= 4 is 17.5 Å². The summed E-state index contributed by atoms with van der Waals surface area (Å²) in [4.78, 5) is 13.0. The van der Waals surface area contributed by atoms with E-state index in [1.54, 1.807) is 11.0 Å². The van der Waals surface area contributed by atoms with Gasteiger partial charge in [-0.05, 0) is 30.2 Å². The summed E-state index contributed by atoms with van der Waals surface area (Å²) in [6.07, 6.45) is 0.531. The van der Waals surface area contributed by atoms with Crippen LogP contribution in [0.25, 0.3) is 0 Å². The second-order valence-electron chi connectivity index (χ2n) is 3.26. The first-order valence-corrected chi connectivity index (χ1v) is 4.46. The van der Waals surface area contributed by atoms with Crippen LogP contribution in [0.5, 0.6) is 0 Å². The van der Waals surface area contributed by atoms with E-state index in [2.05, 4.69) is 4.74 Å². The number of hydrogen-bond acceptors (Lipinski definition) is 3. The molecule has 1 heterocycles. The van der Waals surface area contributed by atoms with E-state index in [4.69, 9.17) is 5.73 Å². The van der Waals surface area contributed by atoms with Crippen molar-refractivity contribution in [3.8, 4) is 0 Å². The van der Waals surface area contributed by atoms with Crippen LogP contribution in [0.4, 0.5) is 16.2 Å². The van der Waals surface area contributed by atoms with Gasteiger partial charge in [0.2, 0.25) is 0 Å². The molecule has 2 N–H and O–H groups in total. The van der Waals surface area contributed by atoms with Crippen molar-refractivity contribution in [2.45, 2.75) is 6.42 Å². The first-order chi connectivity index (χ1) is 6.72. The van der Waals surface area contributed by atoms with E-state index in [0.29, 0.717) is 6.54 Å². The van der Waals surface area contributed by atoms with Crippen LogP contribution in [0, 0.1) is 0 Å². The highest BCUT2D eigenvalue weighted by Gasteiger charge is 2.24. The Balaban J connectivity index is 2.35. The third kappa shape index (κ3) is 1.28. The summed E-state index contributed by atoms with van der Waals surface area (Å²) in [5.74, 6) is 0. The van der Waals surface area contributed by atoms with Crippen LogP contribution in [-0.2, 0) is 11.2 Å². The third-order valence-corrected chi connectivity index (χ3v) is 2.39. The largest absolute Gasteiger partial charge is 0.452 e. The molecule has 0 aliphatic carbocycles. The molecule has 0 fully saturated rings. The average Bonchev–Trinajstić information content (AvgIpc) is 2.59. The van der Waals surface area contributed by atoms with Gasteiger partial charge in [-0.3, -0.25) is 4.90 Å². The van der Waals surface area contributed by atoms with Crippen LogP contribution < -0.4 is 10.6 Å². The Morgan fingerprint density at radius 3 is 3.07 bits per heavy atom. The number of fused-ring (bicyclic) bond motifs is 1. The highest BCUT2D eigenvalue weighted by atomic mass is 16.5. The number of hydrogen-bond donors (Lipinski definition) is 1. The van der Waals surface area contributed by atoms with E-state index >= 15 is 0 Å². The zero-order valence-corrected chi connectivity index (χ0v) is 7.99. The van der Waals surface area contributed by atoms with Crippen LogP contribution >= 0.6 is 0 Å². The van der Waals surface area contributed by atoms with Gasteiger partial charge in [-0.1, -0.05) is 0 Å². The number of amides is 1. The van der Waals surface area contributed by atoms with Crippen LogP contribution in [0.3, 0.4) is 0 Å². The molecule has 1 aliphatic rings. The van der Waals surface area contributed by atoms with Crippen molar-refractivity contribution in [2.24, 2.45) is 0 Å². The van der Waals surface area contributed by atoms with Gasteiger partial charge in [0.25, 0.3) is 0 Å². The highest BCUT2D eigenvalue weighted by Crippen LogP contribution is 2.29. The monoisotopic (exact) mass is 192 g/mol. The molecule has 2 rings (SSSR count). The molecule has 74 valence electrons. The number of ether oxygens (including phenoxy) is 1. The fraction of sp³-hybridized carbons (Fsp3) is 0.300. The van der Waals surface area contributed by atoms with Gasteiger partial charge in [0, 0.05) is 12.2 Å². The van der Waals surface area contributed by atoms with Gasteiger partial charge in [-0.15, -0.1) is 0 Å². The second kappa shape index (κ2) is 3.21. The number of anilines is 2. The quantitative estimate of drug-likeness (QED) is 0.632. The molecule has 4 heteroatoms. The summed E-state index contributed by atoms with van der Waals surface area (Å²) in [6.45, 7) is 0.672. The Labute approximate surface area is 82.3 Å². The zero-order valence-electron chi connectivity index (χ0n) is 7.99. The van der Waals surface area contributed by atoms with Gasteiger partial charge in [0.1, 0.15) is 0 Å². The summed E-state index contributed by atoms with van der Waals surface area (Å²) in [6, 6.07) is 5.55. The SMILES string of the molecule is COC(=O)N1CCc2cc(N)ccc21. The van der Waals surface area contributed by atoms with E-state index in [1.165, 1.54) is 7.11 Å². The Morgan fingerprint density at radius 1 is 1.57 bits per heavy atom. The maximum atomic E-state index is 11.3. The molecule has 0 radical (unpaired) electrons. The summed E-state index contributed by atoms with van der Waals surface area (Å²) < 4.78 is 4.68. The van der Waals surface area contributed by atoms with E-state index < -0.39 is 0 Å². The zero-order chi connectivity index (χ0) is 10.1. The van der Waals surface area contributed by atoms with Gasteiger partial charge in [-0.2, -0.15) is 0 Å². The number of nitrogens with zero attached hydrogens (tertiary/aromatic N) is 1. The molecule has 0 unspecified atom stereocenters. The molecule has 1 aromatic carbocycles. The minimum absolute atomic E-state index is 0.312. The maximum absolute atomic E-state index is 11.3. The molecule has 4 nitrogen and oxygen atoms in total. The molecule has 0 aromatic heterocycles. The van der Waals surface area contributed by atoms with Crippen LogP contribution in [0.2, 0.25) is 0 Å². The number of rotatable bonds is 0. The molecular weight excluding hydrogens is 180 g/mol. The predicted octanol–water partition coefficient (Wildman–Crippen LogP) is 1.40. The lowest BCUT2D eigenvalue weighted by molar-refractivity contribution is 0.179. The molecule has 1 aromatic rings. The third-order valence-electron chi connectivity index (χ3n) is 2.39. The number of carbonyl (C=O) groups excluding carboxylic acids is 1. The van der Waals surface area contributed by atoms with Gasteiger partial charge < -0.3 is 10.5 Å². The second-order valence-corrected chi connectivity index (χ2v) is 3.26. The van der Waals surface area contributed by atoms with Gasteiger partial charge >= 0.3 is 6.09 Å². The Morgan fingerprint density at radius 2 is 2.36 bits per heavy atom. The van der Waals surface area contributed by atoms with Crippen molar-refractivity contribution in [3.63, 3.8) is 0 Å². The van der Waals surface area contributed by atoms with Crippen molar-refractivity contribution in [3.05, 3.63) is 23.8 Å². The van der Waals surface area contributed by atoms with Crippen molar-refractivity contribution in [2.75, 3.05) is 24.3 Å². The molecule has 1 aliphatic heterocycles. The van der Waals surface area contributed by atoms with Gasteiger partial charge in [-0.25, -0.2) is 4.79 Å². The summed E-state index contributed by atoms with van der Waals surface area (Å²) in [7, 11) is 1.39. The molecular formula is C10H12N2O2. The van der Waals surface area contributed by atoms with Crippen LogP contribution in [0.1, 0.15) is 5.56 Å². The molecule has 0 spiro atoms. The average molecular weight is 192 g/mol. The fourth-order valence-electron chi connectivity index (χ4n) is 1.72. The minimum atomic E-state index is -0.312. The first kappa shape index (κ1) is 8.87. The minimum Gasteiger partial charge on any atom is -0.452 e. The maximum Gasteiger partial charge on any atom is 0.414 e. The fourth-order valence-corrected chi connectivity index (χ4v) is 1.72. The summed E-state index contributed by atoms with van der Waals surface area (Å²) in [5.41, 5.74) is 8.40. The van der Waals surface area contributed by atoms with Crippen LogP contribution in [-0.4, -0.2) is 19.7 Å². The van der Waals surface area contributed by atoms with E-state index in [1.807, 2.05) is 12.1 Å². The molecule has 1 amide bonds. The highest BCUT2D eigenvalue weighted by molar-refractivity contribution is 5.90. The first-order valence-electron chi connectivity index (χ1n) is 4.46. The standard InChI is InChI=1S/C10H12N2O2/c1-14-10(13)12-5-4-7-6-8(11)2-3-9(7)12/h2-3,6H,4-5,11H2,1H3. The van der Waals surface area contributed by atoms with Gasteiger partial charge in [0.05, 0.1) is 12.8 Å². The Hall–Kier alpha value is -1.71. The Kier molecular flexibility index (Phi) is 2.04. The van der Waals surface area contributed by atoms with Crippen molar-refractivity contribution in [1.29, 1.82) is 0 Å². The lowest BCUT2D eigenvalue weighted by atomic mass is 10.1. The number of carbonyl (C=O) groups is 1. The number of nitrogen functional groups attached to an aromatic ring is 1. The molecule has 0 bridgehead atoms. The van der Waals surface area contributed by atoms with Gasteiger partial charge in [0.15, 0.2) is 0 Å². The summed E-state index contributed by atoms with van der Waals surface area (Å²) in [5, 5.41) is 0. The Bertz CT molecular complexity index is 376. The molecule has 0 saturated heterocycles. The van der Waals surface area contributed by atoms with E-state index in [0.717, 1.165) is 23.4 Å². The number of methoxy groups -OCH3 is 1.